The predicted molar refractivity (Wildman–Crippen MR) is 83.2 cm³/mol. The van der Waals surface area contributed by atoms with Crippen LogP contribution in [0.2, 0.25) is 0 Å². The lowest BCUT2D eigenvalue weighted by molar-refractivity contribution is 0.247. The topological polar surface area (TPSA) is 12.0 Å². The molecule has 1 aliphatic heterocycles. The van der Waals surface area contributed by atoms with Gasteiger partial charge in [0.15, 0.2) is 0 Å². The normalized spacial score (nSPS) is 23.8. The van der Waals surface area contributed by atoms with Crippen LogP contribution in [0.25, 0.3) is 0 Å². The summed E-state index contributed by atoms with van der Waals surface area (Å²) in [6.07, 6.45) is 2.48. The van der Waals surface area contributed by atoms with Gasteiger partial charge in [-0.25, -0.2) is 0 Å². The van der Waals surface area contributed by atoms with E-state index >= 15 is 0 Å². The smallest absolute Gasteiger partial charge is 0.0701 e. The minimum atomic E-state index is 0.460. The molecule has 0 amide bonds. The zero-order valence-electron chi connectivity index (χ0n) is 10.5. The molecule has 0 spiro atoms. The van der Waals surface area contributed by atoms with Gasteiger partial charge in [0.2, 0.25) is 0 Å². The molecular weight excluding hydrogens is 314 g/mol. The van der Waals surface area contributed by atoms with E-state index in [1.165, 1.54) is 26.6 Å². The highest BCUT2D eigenvalue weighted by atomic mass is 79.9. The van der Waals surface area contributed by atoms with E-state index < -0.39 is 0 Å². The molecule has 1 saturated heterocycles. The second-order valence-electron chi connectivity index (χ2n) is 5.28. The number of hydrogen-bond acceptors (Lipinski definition) is 3. The summed E-state index contributed by atoms with van der Waals surface area (Å²) in [6.45, 7) is 5.89. The minimum absolute atomic E-state index is 0.460. The fraction of sp³-hybridized carbons (Fsp3) is 0.692. The zero-order valence-corrected chi connectivity index (χ0v) is 13.7. The van der Waals surface area contributed by atoms with E-state index in [0.717, 1.165) is 13.0 Å². The summed E-state index contributed by atoms with van der Waals surface area (Å²) >= 11 is 7.45. The van der Waals surface area contributed by atoms with Crippen molar-refractivity contribution >= 4 is 39.0 Å². The summed E-state index contributed by atoms with van der Waals surface area (Å²) in [5.74, 6) is 2.59. The van der Waals surface area contributed by atoms with Crippen LogP contribution >= 0.6 is 39.0 Å². The van der Waals surface area contributed by atoms with E-state index in [4.69, 9.17) is 0 Å². The summed E-state index contributed by atoms with van der Waals surface area (Å²) in [6, 6.07) is 5.03. The average molecular weight is 334 g/mol. The molecule has 2 rings (SSSR count). The van der Waals surface area contributed by atoms with E-state index in [1.54, 1.807) is 0 Å². The van der Waals surface area contributed by atoms with Crippen molar-refractivity contribution in [1.82, 2.24) is 5.32 Å². The molecule has 96 valence electrons. The third-order valence-electron chi connectivity index (χ3n) is 3.51. The summed E-state index contributed by atoms with van der Waals surface area (Å²) in [4.78, 5) is 1.46. The Morgan fingerprint density at radius 3 is 2.94 bits per heavy atom. The van der Waals surface area contributed by atoms with Gasteiger partial charge in [-0.3, -0.25) is 0 Å². The maximum absolute atomic E-state index is 3.74. The Morgan fingerprint density at radius 2 is 2.29 bits per heavy atom. The highest BCUT2D eigenvalue weighted by Crippen LogP contribution is 2.34. The first-order valence-electron chi connectivity index (χ1n) is 6.13. The standard InChI is InChI=1S/C13H20BrNS2/c1-13(2)6-8-16-9-11(13)15-7-5-10-3-4-12(14)17-10/h3-4,11,15H,5-9H2,1-2H3. The lowest BCUT2D eigenvalue weighted by atomic mass is 9.82. The minimum Gasteiger partial charge on any atom is -0.312 e. The van der Waals surface area contributed by atoms with Gasteiger partial charge < -0.3 is 5.32 Å². The molecule has 0 saturated carbocycles. The lowest BCUT2D eigenvalue weighted by Gasteiger charge is -2.38. The van der Waals surface area contributed by atoms with Crippen molar-refractivity contribution in [2.75, 3.05) is 18.1 Å². The summed E-state index contributed by atoms with van der Waals surface area (Å²) in [5, 5.41) is 3.74. The van der Waals surface area contributed by atoms with Crippen LogP contribution in [-0.4, -0.2) is 24.1 Å². The number of nitrogens with one attached hydrogen (secondary N) is 1. The molecule has 0 aliphatic carbocycles. The monoisotopic (exact) mass is 333 g/mol. The maximum atomic E-state index is 3.74. The van der Waals surface area contributed by atoms with Gasteiger partial charge in [-0.05, 0) is 52.1 Å². The molecule has 1 N–H and O–H groups in total. The van der Waals surface area contributed by atoms with E-state index in [-0.39, 0.29) is 0 Å². The Kier molecular flexibility index (Phi) is 4.98. The molecular formula is C13H20BrNS2. The fourth-order valence-electron chi connectivity index (χ4n) is 2.13. The van der Waals surface area contributed by atoms with Crippen molar-refractivity contribution in [1.29, 1.82) is 0 Å². The van der Waals surface area contributed by atoms with Crippen LogP contribution in [0.3, 0.4) is 0 Å². The van der Waals surface area contributed by atoms with E-state index in [2.05, 4.69) is 59.0 Å². The third-order valence-corrected chi connectivity index (χ3v) is 6.25. The van der Waals surface area contributed by atoms with Crippen molar-refractivity contribution in [3.8, 4) is 0 Å². The Bertz CT molecular complexity index is 362. The molecule has 1 aromatic heterocycles. The highest BCUT2D eigenvalue weighted by Gasteiger charge is 2.31. The Balaban J connectivity index is 1.77. The molecule has 1 atom stereocenters. The number of thioether (sulfide) groups is 1. The van der Waals surface area contributed by atoms with Gasteiger partial charge in [0.1, 0.15) is 0 Å². The highest BCUT2D eigenvalue weighted by molar-refractivity contribution is 9.11. The molecule has 17 heavy (non-hydrogen) atoms. The number of halogens is 1. The number of rotatable bonds is 4. The molecule has 1 unspecified atom stereocenters. The van der Waals surface area contributed by atoms with Gasteiger partial charge in [-0.1, -0.05) is 13.8 Å². The largest absolute Gasteiger partial charge is 0.312 e. The molecule has 0 radical (unpaired) electrons. The fourth-order valence-corrected chi connectivity index (χ4v) is 5.25. The first-order valence-corrected chi connectivity index (χ1v) is 8.90. The van der Waals surface area contributed by atoms with E-state index in [9.17, 15) is 0 Å². The van der Waals surface area contributed by atoms with Gasteiger partial charge in [0, 0.05) is 23.2 Å². The van der Waals surface area contributed by atoms with Crippen LogP contribution in [-0.2, 0) is 6.42 Å². The molecule has 1 fully saturated rings. The Labute approximate surface area is 121 Å². The van der Waals surface area contributed by atoms with Crippen molar-refractivity contribution in [3.63, 3.8) is 0 Å². The van der Waals surface area contributed by atoms with Crippen LogP contribution in [0.15, 0.2) is 15.9 Å². The Hall–Kier alpha value is 0.490. The van der Waals surface area contributed by atoms with Gasteiger partial charge in [0.25, 0.3) is 0 Å². The van der Waals surface area contributed by atoms with Gasteiger partial charge >= 0.3 is 0 Å². The molecule has 1 aliphatic rings. The molecule has 1 nitrogen and oxygen atoms in total. The maximum Gasteiger partial charge on any atom is 0.0701 e. The van der Waals surface area contributed by atoms with Crippen LogP contribution in [0, 0.1) is 5.41 Å². The van der Waals surface area contributed by atoms with Crippen molar-refractivity contribution in [2.45, 2.75) is 32.7 Å². The third kappa shape index (κ3) is 3.98. The summed E-state index contributed by atoms with van der Waals surface area (Å²) < 4.78 is 1.24. The zero-order chi connectivity index (χ0) is 12.3. The predicted octanol–water partition coefficient (Wildman–Crippen LogP) is 4.17. The van der Waals surface area contributed by atoms with Gasteiger partial charge in [-0.15, -0.1) is 11.3 Å². The van der Waals surface area contributed by atoms with E-state index in [1.807, 2.05) is 11.3 Å². The van der Waals surface area contributed by atoms with Crippen molar-refractivity contribution < 1.29 is 0 Å². The van der Waals surface area contributed by atoms with Gasteiger partial charge in [0.05, 0.1) is 3.79 Å². The van der Waals surface area contributed by atoms with Crippen LogP contribution in [0.5, 0.6) is 0 Å². The second-order valence-corrected chi connectivity index (χ2v) is 8.97. The van der Waals surface area contributed by atoms with Gasteiger partial charge in [-0.2, -0.15) is 11.8 Å². The average Bonchev–Trinajstić information content (AvgIpc) is 2.67. The molecule has 0 bridgehead atoms. The van der Waals surface area contributed by atoms with Crippen LogP contribution in [0.1, 0.15) is 25.1 Å². The molecule has 1 aromatic rings. The van der Waals surface area contributed by atoms with Crippen molar-refractivity contribution in [2.24, 2.45) is 5.41 Å². The quantitative estimate of drug-likeness (QED) is 0.887. The lowest BCUT2D eigenvalue weighted by Crippen LogP contribution is -2.47. The summed E-state index contributed by atoms with van der Waals surface area (Å²) in [7, 11) is 0. The molecule has 0 aromatic carbocycles. The van der Waals surface area contributed by atoms with E-state index in [0.29, 0.717) is 11.5 Å². The van der Waals surface area contributed by atoms with Crippen LogP contribution in [0.4, 0.5) is 0 Å². The first-order chi connectivity index (χ1) is 8.08. The molecule has 4 heteroatoms. The van der Waals surface area contributed by atoms with Crippen LogP contribution < -0.4 is 5.32 Å². The number of hydrogen-bond donors (Lipinski definition) is 1. The SMILES string of the molecule is CC1(C)CCSCC1NCCc1ccc(Br)s1. The second kappa shape index (κ2) is 6.09. The molecule has 2 heterocycles. The van der Waals surface area contributed by atoms with Crippen molar-refractivity contribution in [3.05, 3.63) is 20.8 Å². The number of thiophene rings is 1. The first kappa shape index (κ1) is 13.9. The Morgan fingerprint density at radius 1 is 1.47 bits per heavy atom. The summed E-state index contributed by atoms with van der Waals surface area (Å²) in [5.41, 5.74) is 0.460.